The van der Waals surface area contributed by atoms with Crippen LogP contribution in [0.3, 0.4) is 0 Å². The standard InChI is InChI=1S/C25H31N3O5/c1-24(2,3)32-23(31)28(19-13-18(19)15-7-5-4-6-8-15)14-25(9-10-25)22-26-20(33-27-22)16-11-17(12-16)21(29)30/h4-8,16-19H,9-14H2,1-3H3,(H,29,30)/t16-,17+,18-,19?/m1/s1. The number of benzene rings is 1. The molecule has 1 unspecified atom stereocenters. The van der Waals surface area contributed by atoms with Gasteiger partial charge in [-0.15, -0.1) is 0 Å². The van der Waals surface area contributed by atoms with Crippen LogP contribution in [0.25, 0.3) is 0 Å². The first kappa shape index (κ1) is 21.9. The zero-order chi connectivity index (χ0) is 23.4. The minimum Gasteiger partial charge on any atom is -0.481 e. The van der Waals surface area contributed by atoms with Crippen molar-refractivity contribution in [1.29, 1.82) is 0 Å². The van der Waals surface area contributed by atoms with E-state index in [0.29, 0.717) is 37.0 Å². The highest BCUT2D eigenvalue weighted by Gasteiger charge is 2.55. The molecule has 3 aliphatic carbocycles. The van der Waals surface area contributed by atoms with Gasteiger partial charge in [0.1, 0.15) is 5.60 Å². The summed E-state index contributed by atoms with van der Waals surface area (Å²) < 4.78 is 11.3. The molecule has 5 rings (SSSR count). The van der Waals surface area contributed by atoms with E-state index in [1.54, 1.807) is 0 Å². The van der Waals surface area contributed by atoms with Gasteiger partial charge in [0.25, 0.3) is 0 Å². The van der Waals surface area contributed by atoms with Crippen molar-refractivity contribution in [3.8, 4) is 0 Å². The molecule has 2 aromatic rings. The van der Waals surface area contributed by atoms with E-state index < -0.39 is 11.6 Å². The molecule has 176 valence electrons. The van der Waals surface area contributed by atoms with Crippen LogP contribution in [0.15, 0.2) is 34.9 Å². The van der Waals surface area contributed by atoms with Crippen LogP contribution in [0, 0.1) is 5.92 Å². The molecule has 8 heteroatoms. The molecule has 0 spiro atoms. The van der Waals surface area contributed by atoms with Gasteiger partial charge in [0.2, 0.25) is 5.89 Å². The molecule has 0 radical (unpaired) electrons. The second kappa shape index (κ2) is 7.85. The van der Waals surface area contributed by atoms with Gasteiger partial charge in [-0.05, 0) is 58.4 Å². The smallest absolute Gasteiger partial charge is 0.410 e. The summed E-state index contributed by atoms with van der Waals surface area (Å²) in [6.45, 7) is 6.14. The van der Waals surface area contributed by atoms with E-state index in [0.717, 1.165) is 19.3 Å². The van der Waals surface area contributed by atoms with Gasteiger partial charge >= 0.3 is 12.1 Å². The number of hydrogen-bond acceptors (Lipinski definition) is 6. The SMILES string of the molecule is CC(C)(C)OC(=O)N(CC1(c2noc([C@H]3C[C@@H](C(=O)O)C3)n2)CC1)C1C[C@@H]1c1ccccc1. The molecular weight excluding hydrogens is 422 g/mol. The van der Waals surface area contributed by atoms with Crippen molar-refractivity contribution in [1.82, 2.24) is 15.0 Å². The van der Waals surface area contributed by atoms with Crippen molar-refractivity contribution >= 4 is 12.1 Å². The Hall–Kier alpha value is -2.90. The van der Waals surface area contributed by atoms with E-state index in [2.05, 4.69) is 22.3 Å². The molecule has 1 N–H and O–H groups in total. The number of carboxylic acids is 1. The number of nitrogens with zero attached hydrogens (tertiary/aromatic N) is 3. The van der Waals surface area contributed by atoms with E-state index in [1.807, 2.05) is 43.9 Å². The zero-order valence-electron chi connectivity index (χ0n) is 19.4. The van der Waals surface area contributed by atoms with E-state index in [4.69, 9.17) is 14.4 Å². The molecule has 3 saturated carbocycles. The lowest BCUT2D eigenvalue weighted by Crippen LogP contribution is -2.43. The zero-order valence-corrected chi connectivity index (χ0v) is 19.4. The maximum Gasteiger partial charge on any atom is 0.410 e. The summed E-state index contributed by atoms with van der Waals surface area (Å²) >= 11 is 0. The summed E-state index contributed by atoms with van der Waals surface area (Å²) in [4.78, 5) is 30.8. The highest BCUT2D eigenvalue weighted by molar-refractivity contribution is 5.71. The van der Waals surface area contributed by atoms with Gasteiger partial charge < -0.3 is 19.3 Å². The Morgan fingerprint density at radius 1 is 1.18 bits per heavy atom. The summed E-state index contributed by atoms with van der Waals surface area (Å²) in [7, 11) is 0. The Morgan fingerprint density at radius 3 is 2.48 bits per heavy atom. The van der Waals surface area contributed by atoms with Gasteiger partial charge in [0, 0.05) is 24.4 Å². The van der Waals surface area contributed by atoms with Crippen molar-refractivity contribution in [2.24, 2.45) is 5.92 Å². The van der Waals surface area contributed by atoms with Gasteiger partial charge in [0.05, 0.1) is 11.3 Å². The van der Waals surface area contributed by atoms with E-state index in [9.17, 15) is 9.59 Å². The fraction of sp³-hybridized carbons (Fsp3) is 0.600. The number of amides is 1. The number of aromatic nitrogens is 2. The molecule has 8 nitrogen and oxygen atoms in total. The Morgan fingerprint density at radius 2 is 1.88 bits per heavy atom. The maximum atomic E-state index is 13.2. The van der Waals surface area contributed by atoms with Gasteiger partial charge in [0.15, 0.2) is 5.82 Å². The molecule has 1 aromatic heterocycles. The predicted molar refractivity (Wildman–Crippen MR) is 119 cm³/mol. The summed E-state index contributed by atoms with van der Waals surface area (Å²) in [6, 6.07) is 10.4. The number of hydrogen-bond donors (Lipinski definition) is 1. The molecule has 3 aliphatic rings. The Kier molecular flexibility index (Phi) is 5.21. The first-order chi connectivity index (χ1) is 15.7. The molecular formula is C25H31N3O5. The van der Waals surface area contributed by atoms with Gasteiger partial charge in [-0.1, -0.05) is 35.5 Å². The van der Waals surface area contributed by atoms with Crippen LogP contribution in [-0.4, -0.2) is 50.4 Å². The van der Waals surface area contributed by atoms with Crippen LogP contribution in [0.1, 0.15) is 82.0 Å². The second-order valence-electron chi connectivity index (χ2n) is 10.9. The fourth-order valence-corrected chi connectivity index (χ4v) is 4.79. The minimum absolute atomic E-state index is 0.0102. The van der Waals surface area contributed by atoms with E-state index in [1.165, 1.54) is 5.56 Å². The van der Waals surface area contributed by atoms with Crippen LogP contribution >= 0.6 is 0 Å². The highest BCUT2D eigenvalue weighted by Crippen LogP contribution is 2.52. The lowest BCUT2D eigenvalue weighted by Gasteiger charge is -2.30. The minimum atomic E-state index is -0.768. The number of aliphatic carboxylic acids is 1. The third-order valence-corrected chi connectivity index (χ3v) is 7.09. The van der Waals surface area contributed by atoms with Crippen molar-refractivity contribution < 1.29 is 24.0 Å². The summed E-state index contributed by atoms with van der Waals surface area (Å²) in [5.74, 6) is 0.366. The fourth-order valence-electron chi connectivity index (χ4n) is 4.79. The number of rotatable bonds is 7. The maximum absolute atomic E-state index is 13.2. The van der Waals surface area contributed by atoms with E-state index >= 15 is 0 Å². The third kappa shape index (κ3) is 4.48. The molecule has 1 amide bonds. The van der Waals surface area contributed by atoms with Crippen molar-refractivity contribution in [2.75, 3.05) is 6.54 Å². The first-order valence-corrected chi connectivity index (χ1v) is 11.8. The van der Waals surface area contributed by atoms with Crippen LogP contribution in [0.5, 0.6) is 0 Å². The van der Waals surface area contributed by atoms with Crippen LogP contribution in [0.4, 0.5) is 4.79 Å². The summed E-state index contributed by atoms with van der Waals surface area (Å²) in [5, 5.41) is 13.4. The van der Waals surface area contributed by atoms with Crippen LogP contribution in [0.2, 0.25) is 0 Å². The highest BCUT2D eigenvalue weighted by atomic mass is 16.6. The number of ether oxygens (including phenoxy) is 1. The molecule has 3 fully saturated rings. The van der Waals surface area contributed by atoms with Gasteiger partial charge in [-0.25, -0.2) is 4.79 Å². The summed E-state index contributed by atoms with van der Waals surface area (Å²) in [6.07, 6.45) is 3.45. The third-order valence-electron chi connectivity index (χ3n) is 7.09. The molecule has 0 bridgehead atoms. The normalized spacial score (nSPS) is 27.4. The number of carbonyl (C=O) groups excluding carboxylic acids is 1. The van der Waals surface area contributed by atoms with Crippen LogP contribution < -0.4 is 0 Å². The van der Waals surface area contributed by atoms with Crippen molar-refractivity contribution in [3.63, 3.8) is 0 Å². The molecule has 33 heavy (non-hydrogen) atoms. The molecule has 0 aliphatic heterocycles. The number of carboxylic acid groups (broad SMARTS) is 1. The average Bonchev–Trinajstić information content (AvgIpc) is 3.62. The van der Waals surface area contributed by atoms with Crippen molar-refractivity contribution in [3.05, 3.63) is 47.6 Å². The Balaban J connectivity index is 1.32. The van der Waals surface area contributed by atoms with E-state index in [-0.39, 0.29) is 29.4 Å². The number of carbonyl (C=O) groups is 2. The molecule has 0 saturated heterocycles. The lowest BCUT2D eigenvalue weighted by atomic mass is 9.75. The molecule has 1 aromatic carbocycles. The lowest BCUT2D eigenvalue weighted by molar-refractivity contribution is -0.145. The summed E-state index contributed by atoms with van der Waals surface area (Å²) in [5.41, 5.74) is 0.340. The Bertz CT molecular complexity index is 1030. The van der Waals surface area contributed by atoms with Crippen LogP contribution in [-0.2, 0) is 14.9 Å². The topological polar surface area (TPSA) is 106 Å². The second-order valence-corrected chi connectivity index (χ2v) is 10.9. The van der Waals surface area contributed by atoms with Gasteiger partial charge in [-0.3, -0.25) is 4.79 Å². The van der Waals surface area contributed by atoms with Crippen molar-refractivity contribution in [2.45, 2.75) is 81.8 Å². The average molecular weight is 454 g/mol. The monoisotopic (exact) mass is 453 g/mol. The predicted octanol–water partition coefficient (Wildman–Crippen LogP) is 4.47. The Labute approximate surface area is 193 Å². The molecule has 2 atom stereocenters. The molecule has 1 heterocycles. The quantitative estimate of drug-likeness (QED) is 0.659. The first-order valence-electron chi connectivity index (χ1n) is 11.8. The van der Waals surface area contributed by atoms with Gasteiger partial charge in [-0.2, -0.15) is 4.98 Å². The largest absolute Gasteiger partial charge is 0.481 e.